The van der Waals surface area contributed by atoms with Crippen molar-refractivity contribution < 1.29 is 14.3 Å². The van der Waals surface area contributed by atoms with Crippen molar-refractivity contribution in [1.82, 2.24) is 10.6 Å². The molecule has 1 aliphatic rings. The van der Waals surface area contributed by atoms with E-state index >= 15 is 0 Å². The number of carbonyl (C=O) groups excluding carboxylic acids is 1. The number of methoxy groups -OCH3 is 2. The van der Waals surface area contributed by atoms with Gasteiger partial charge in [-0.3, -0.25) is 4.79 Å². The maximum absolute atomic E-state index is 12.3. The topological polar surface area (TPSA) is 59.6 Å². The van der Waals surface area contributed by atoms with Crippen LogP contribution in [0.15, 0.2) is 18.2 Å². The molecule has 0 saturated carbocycles. The van der Waals surface area contributed by atoms with Gasteiger partial charge in [0.2, 0.25) is 0 Å². The Hall–Kier alpha value is -1.46. The number of halogens is 1. The van der Waals surface area contributed by atoms with Gasteiger partial charge in [0.1, 0.15) is 11.5 Å². The van der Waals surface area contributed by atoms with Crippen molar-refractivity contribution in [2.24, 2.45) is 5.41 Å². The van der Waals surface area contributed by atoms with Gasteiger partial charge in [-0.25, -0.2) is 0 Å². The normalized spacial score (nSPS) is 16.3. The van der Waals surface area contributed by atoms with Crippen LogP contribution in [0.4, 0.5) is 0 Å². The summed E-state index contributed by atoms with van der Waals surface area (Å²) in [5, 5.41) is 6.38. The van der Waals surface area contributed by atoms with Crippen molar-refractivity contribution in [2.75, 3.05) is 33.9 Å². The van der Waals surface area contributed by atoms with Gasteiger partial charge < -0.3 is 20.1 Å². The molecule has 5 nitrogen and oxygen atoms in total. The van der Waals surface area contributed by atoms with Gasteiger partial charge in [0.25, 0.3) is 5.91 Å². The standard InChI is InChI=1S/C16H24N2O3.ClH/c1-16(4-6-17-7-5-16)11-18-15(19)12-8-13(20-2)10-14(9-12)21-3;/h8-10,17H,4-7,11H2,1-3H3,(H,18,19);1H. The van der Waals surface area contributed by atoms with E-state index in [1.54, 1.807) is 32.4 Å². The van der Waals surface area contributed by atoms with E-state index in [0.717, 1.165) is 25.9 Å². The molecule has 0 radical (unpaired) electrons. The minimum atomic E-state index is -0.0908. The average molecular weight is 329 g/mol. The van der Waals surface area contributed by atoms with Gasteiger partial charge in [-0.05, 0) is 43.5 Å². The van der Waals surface area contributed by atoms with E-state index in [0.29, 0.717) is 23.6 Å². The van der Waals surface area contributed by atoms with E-state index < -0.39 is 0 Å². The summed E-state index contributed by atoms with van der Waals surface area (Å²) >= 11 is 0. The lowest BCUT2D eigenvalue weighted by atomic mass is 9.81. The molecule has 6 heteroatoms. The first kappa shape index (κ1) is 18.6. The fourth-order valence-electron chi connectivity index (χ4n) is 2.54. The van der Waals surface area contributed by atoms with Gasteiger partial charge in [0.05, 0.1) is 14.2 Å². The van der Waals surface area contributed by atoms with Crippen LogP contribution in [-0.2, 0) is 0 Å². The fourth-order valence-corrected chi connectivity index (χ4v) is 2.54. The van der Waals surface area contributed by atoms with E-state index in [9.17, 15) is 4.79 Å². The van der Waals surface area contributed by atoms with Crippen molar-refractivity contribution in [2.45, 2.75) is 19.8 Å². The summed E-state index contributed by atoms with van der Waals surface area (Å²) in [6, 6.07) is 5.20. The zero-order valence-electron chi connectivity index (χ0n) is 13.4. The Bertz CT molecular complexity index is 480. The van der Waals surface area contributed by atoms with E-state index in [4.69, 9.17) is 9.47 Å². The van der Waals surface area contributed by atoms with Crippen LogP contribution < -0.4 is 20.1 Å². The molecule has 0 unspecified atom stereocenters. The second-order valence-corrected chi connectivity index (χ2v) is 5.84. The zero-order chi connectivity index (χ0) is 15.3. The van der Waals surface area contributed by atoms with Gasteiger partial charge in [0.15, 0.2) is 0 Å². The van der Waals surface area contributed by atoms with Crippen LogP contribution in [0.3, 0.4) is 0 Å². The SMILES string of the molecule is COc1cc(OC)cc(C(=O)NCC2(C)CCNCC2)c1.Cl. The molecule has 2 rings (SSSR count). The summed E-state index contributed by atoms with van der Waals surface area (Å²) in [5.74, 6) is 1.15. The van der Waals surface area contributed by atoms with Gasteiger partial charge in [-0.1, -0.05) is 6.92 Å². The molecule has 0 bridgehead atoms. The number of benzene rings is 1. The predicted octanol–water partition coefficient (Wildman–Crippen LogP) is 2.25. The summed E-state index contributed by atoms with van der Waals surface area (Å²) < 4.78 is 10.4. The Morgan fingerprint density at radius 1 is 1.18 bits per heavy atom. The van der Waals surface area contributed by atoms with Gasteiger partial charge in [-0.2, -0.15) is 0 Å². The number of rotatable bonds is 5. The van der Waals surface area contributed by atoms with Crippen molar-refractivity contribution in [3.05, 3.63) is 23.8 Å². The molecule has 1 amide bonds. The van der Waals surface area contributed by atoms with Crippen LogP contribution in [0.2, 0.25) is 0 Å². The second kappa shape index (κ2) is 8.25. The second-order valence-electron chi connectivity index (χ2n) is 5.84. The molecule has 1 aromatic rings. The highest BCUT2D eigenvalue weighted by Crippen LogP contribution is 2.27. The first-order valence-corrected chi connectivity index (χ1v) is 7.28. The number of piperidine rings is 1. The van der Waals surface area contributed by atoms with Crippen LogP contribution in [0.1, 0.15) is 30.1 Å². The molecule has 1 saturated heterocycles. The summed E-state index contributed by atoms with van der Waals surface area (Å²) in [6.07, 6.45) is 2.16. The minimum Gasteiger partial charge on any atom is -0.497 e. The Morgan fingerprint density at radius 3 is 2.23 bits per heavy atom. The van der Waals surface area contributed by atoms with E-state index in [1.807, 2.05) is 0 Å². The summed E-state index contributed by atoms with van der Waals surface area (Å²) in [5.41, 5.74) is 0.730. The first-order valence-electron chi connectivity index (χ1n) is 7.28. The smallest absolute Gasteiger partial charge is 0.251 e. The van der Waals surface area contributed by atoms with E-state index in [-0.39, 0.29) is 23.7 Å². The maximum Gasteiger partial charge on any atom is 0.251 e. The number of amides is 1. The molecule has 1 heterocycles. The van der Waals surface area contributed by atoms with Crippen molar-refractivity contribution in [3.63, 3.8) is 0 Å². The molecule has 1 aliphatic heterocycles. The molecule has 0 atom stereocenters. The molecular weight excluding hydrogens is 304 g/mol. The molecule has 124 valence electrons. The largest absolute Gasteiger partial charge is 0.497 e. The van der Waals surface area contributed by atoms with Crippen LogP contribution in [0.25, 0.3) is 0 Å². The summed E-state index contributed by atoms with van der Waals surface area (Å²) in [6.45, 7) is 4.94. The molecule has 22 heavy (non-hydrogen) atoms. The zero-order valence-corrected chi connectivity index (χ0v) is 14.2. The minimum absolute atomic E-state index is 0. The molecule has 1 aromatic carbocycles. The molecule has 0 spiro atoms. The Kier molecular flexibility index (Phi) is 6.97. The third-order valence-corrected chi connectivity index (χ3v) is 4.10. The van der Waals surface area contributed by atoms with Crippen molar-refractivity contribution in [3.8, 4) is 11.5 Å². The Morgan fingerprint density at radius 2 is 1.73 bits per heavy atom. The van der Waals surface area contributed by atoms with Crippen molar-refractivity contribution >= 4 is 18.3 Å². The highest BCUT2D eigenvalue weighted by molar-refractivity contribution is 5.95. The highest BCUT2D eigenvalue weighted by Gasteiger charge is 2.27. The average Bonchev–Trinajstić information content (AvgIpc) is 2.52. The van der Waals surface area contributed by atoms with Gasteiger partial charge in [-0.15, -0.1) is 12.4 Å². The van der Waals surface area contributed by atoms with Crippen LogP contribution in [0, 0.1) is 5.41 Å². The number of hydrogen-bond donors (Lipinski definition) is 2. The number of ether oxygens (including phenoxy) is 2. The third-order valence-electron chi connectivity index (χ3n) is 4.10. The van der Waals surface area contributed by atoms with Crippen molar-refractivity contribution in [1.29, 1.82) is 0 Å². The monoisotopic (exact) mass is 328 g/mol. The third kappa shape index (κ3) is 4.78. The Labute approximate surface area is 138 Å². The molecule has 2 N–H and O–H groups in total. The molecular formula is C16H25ClN2O3. The van der Waals surface area contributed by atoms with Crippen LogP contribution in [0.5, 0.6) is 11.5 Å². The first-order chi connectivity index (χ1) is 10.1. The fraction of sp³-hybridized carbons (Fsp3) is 0.562. The molecule has 1 fully saturated rings. The lowest BCUT2D eigenvalue weighted by molar-refractivity contribution is 0.0921. The lowest BCUT2D eigenvalue weighted by Crippen LogP contribution is -2.42. The van der Waals surface area contributed by atoms with Gasteiger partial charge in [0, 0.05) is 18.2 Å². The van der Waals surface area contributed by atoms with Gasteiger partial charge >= 0.3 is 0 Å². The predicted molar refractivity (Wildman–Crippen MR) is 89.3 cm³/mol. The Balaban J connectivity index is 0.00000242. The summed E-state index contributed by atoms with van der Waals surface area (Å²) in [4.78, 5) is 12.3. The van der Waals surface area contributed by atoms with E-state index in [2.05, 4.69) is 17.6 Å². The molecule has 0 aliphatic carbocycles. The highest BCUT2D eigenvalue weighted by atomic mass is 35.5. The number of carbonyl (C=O) groups is 1. The summed E-state index contributed by atoms with van der Waals surface area (Å²) in [7, 11) is 3.15. The number of hydrogen-bond acceptors (Lipinski definition) is 4. The lowest BCUT2D eigenvalue weighted by Gasteiger charge is -2.34. The maximum atomic E-state index is 12.3. The van der Waals surface area contributed by atoms with Crippen LogP contribution in [-0.4, -0.2) is 39.8 Å². The molecule has 0 aromatic heterocycles. The van der Waals surface area contributed by atoms with E-state index in [1.165, 1.54) is 0 Å². The van der Waals surface area contributed by atoms with Crippen LogP contribution >= 0.6 is 12.4 Å². The quantitative estimate of drug-likeness (QED) is 0.870. The number of nitrogens with one attached hydrogen (secondary N) is 2.